The van der Waals surface area contributed by atoms with Gasteiger partial charge < -0.3 is 9.47 Å². The Kier molecular flexibility index (Phi) is 7.49. The minimum Gasteiger partial charge on any atom is -0.493 e. The van der Waals surface area contributed by atoms with Crippen LogP contribution in [-0.4, -0.2) is 34.8 Å². The van der Waals surface area contributed by atoms with E-state index in [2.05, 4.69) is 20.5 Å². The average molecular weight is 389 g/mol. The number of nitro benzene ring substituents is 1. The van der Waals surface area contributed by atoms with Gasteiger partial charge >= 0.3 is 5.69 Å². The Hall–Kier alpha value is -3.43. The van der Waals surface area contributed by atoms with Gasteiger partial charge in [0.05, 0.1) is 24.9 Å². The molecule has 2 N–H and O–H groups in total. The van der Waals surface area contributed by atoms with Crippen molar-refractivity contribution in [2.45, 2.75) is 33.1 Å². The first-order valence-corrected chi connectivity index (χ1v) is 8.87. The molecule has 0 aliphatic carbocycles. The summed E-state index contributed by atoms with van der Waals surface area (Å²) in [5, 5.41) is 15.4. The molecule has 0 radical (unpaired) electrons. The summed E-state index contributed by atoms with van der Waals surface area (Å²) in [5.41, 5.74) is 3.15. The summed E-state index contributed by atoms with van der Waals surface area (Å²) in [6.07, 6.45) is 3.65. The van der Waals surface area contributed by atoms with Crippen LogP contribution in [0, 0.1) is 10.1 Å². The van der Waals surface area contributed by atoms with E-state index in [0.717, 1.165) is 12.8 Å². The van der Waals surface area contributed by atoms with E-state index in [1.807, 2.05) is 13.8 Å². The highest BCUT2D eigenvalue weighted by molar-refractivity contribution is 5.83. The smallest absolute Gasteiger partial charge is 0.315 e. The molecule has 0 aliphatic rings. The molecule has 150 valence electrons. The monoisotopic (exact) mass is 389 g/mol. The molecule has 10 heteroatoms. The standard InChI is InChI=1S/C18H23N5O5/c1-4-6-7-28-17-14(23(25)26)8-12(9-15(17)27-3)11-19-22-18-20-13(5-2)10-16(24)21-18/h8-11H,4-7H2,1-3H3,(H2,20,21,22,24)/b19-11-. The van der Waals surface area contributed by atoms with Gasteiger partial charge in [0.15, 0.2) is 5.75 Å². The molecule has 28 heavy (non-hydrogen) atoms. The van der Waals surface area contributed by atoms with Crippen molar-refractivity contribution in [3.8, 4) is 11.5 Å². The van der Waals surface area contributed by atoms with Gasteiger partial charge in [-0.05, 0) is 18.9 Å². The van der Waals surface area contributed by atoms with Crippen molar-refractivity contribution in [1.29, 1.82) is 0 Å². The number of unbranched alkanes of at least 4 members (excludes halogenated alkanes) is 1. The lowest BCUT2D eigenvalue weighted by Crippen LogP contribution is -2.11. The molecule has 2 rings (SSSR count). The highest BCUT2D eigenvalue weighted by Gasteiger charge is 2.22. The minimum atomic E-state index is -0.529. The van der Waals surface area contributed by atoms with Crippen LogP contribution >= 0.6 is 0 Å². The number of hydrogen-bond donors (Lipinski definition) is 2. The molecular formula is C18H23N5O5. The van der Waals surface area contributed by atoms with E-state index < -0.39 is 4.92 Å². The second kappa shape index (κ2) is 10.0. The number of methoxy groups -OCH3 is 1. The van der Waals surface area contributed by atoms with E-state index in [-0.39, 0.29) is 28.7 Å². The first kappa shape index (κ1) is 20.9. The Morgan fingerprint density at radius 1 is 1.36 bits per heavy atom. The normalized spacial score (nSPS) is 10.8. The Balaban J connectivity index is 2.26. The van der Waals surface area contributed by atoms with Crippen molar-refractivity contribution in [1.82, 2.24) is 9.97 Å². The molecule has 0 fully saturated rings. The Bertz CT molecular complexity index is 910. The number of anilines is 1. The van der Waals surface area contributed by atoms with Crippen LogP contribution in [0.15, 0.2) is 28.1 Å². The zero-order valence-electron chi connectivity index (χ0n) is 16.0. The van der Waals surface area contributed by atoms with E-state index in [4.69, 9.17) is 9.47 Å². The summed E-state index contributed by atoms with van der Waals surface area (Å²) < 4.78 is 10.8. The van der Waals surface area contributed by atoms with E-state index in [1.54, 1.807) is 6.07 Å². The molecule has 0 bridgehead atoms. The van der Waals surface area contributed by atoms with Crippen molar-refractivity contribution in [2.24, 2.45) is 5.10 Å². The number of rotatable bonds is 10. The fourth-order valence-corrected chi connectivity index (χ4v) is 2.34. The number of aryl methyl sites for hydroxylation is 1. The lowest BCUT2D eigenvalue weighted by Gasteiger charge is -2.11. The summed E-state index contributed by atoms with van der Waals surface area (Å²) in [4.78, 5) is 29.2. The highest BCUT2D eigenvalue weighted by Crippen LogP contribution is 2.38. The fourth-order valence-electron chi connectivity index (χ4n) is 2.34. The van der Waals surface area contributed by atoms with Crippen LogP contribution in [0.1, 0.15) is 37.9 Å². The fraction of sp³-hybridized carbons (Fsp3) is 0.389. The SMILES string of the molecule is CCCCOc1c(OC)cc(/C=N\Nc2nc(CC)cc(=O)[nH]2)cc1[N+](=O)[O-]. The third kappa shape index (κ3) is 5.53. The Labute approximate surface area is 161 Å². The summed E-state index contributed by atoms with van der Waals surface area (Å²) >= 11 is 0. The number of nitrogens with zero attached hydrogens (tertiary/aromatic N) is 3. The summed E-state index contributed by atoms with van der Waals surface area (Å²) in [7, 11) is 1.41. The molecule has 1 heterocycles. The maximum Gasteiger partial charge on any atom is 0.315 e. The van der Waals surface area contributed by atoms with Crippen LogP contribution in [0.25, 0.3) is 0 Å². The molecule has 1 aromatic heterocycles. The number of hydrogen-bond acceptors (Lipinski definition) is 8. The number of ether oxygens (including phenoxy) is 2. The highest BCUT2D eigenvalue weighted by atomic mass is 16.6. The van der Waals surface area contributed by atoms with Gasteiger partial charge in [0, 0.05) is 23.4 Å². The molecule has 10 nitrogen and oxygen atoms in total. The van der Waals surface area contributed by atoms with Gasteiger partial charge in [0.25, 0.3) is 5.56 Å². The second-order valence-electron chi connectivity index (χ2n) is 5.84. The van der Waals surface area contributed by atoms with Crippen molar-refractivity contribution in [2.75, 3.05) is 19.1 Å². The van der Waals surface area contributed by atoms with Crippen LogP contribution in [0.4, 0.5) is 11.6 Å². The topological polar surface area (TPSA) is 132 Å². The molecule has 1 aromatic carbocycles. The molecule has 0 aliphatic heterocycles. The van der Waals surface area contributed by atoms with Crippen molar-refractivity contribution < 1.29 is 14.4 Å². The van der Waals surface area contributed by atoms with Crippen LogP contribution in [0.2, 0.25) is 0 Å². The minimum absolute atomic E-state index is 0.0905. The van der Waals surface area contributed by atoms with Crippen LogP contribution in [0.3, 0.4) is 0 Å². The van der Waals surface area contributed by atoms with Crippen molar-refractivity contribution in [3.63, 3.8) is 0 Å². The molecule has 0 unspecified atom stereocenters. The van der Waals surface area contributed by atoms with Crippen LogP contribution < -0.4 is 20.5 Å². The molecule has 0 saturated carbocycles. The number of aromatic amines is 1. The number of H-pyrrole nitrogens is 1. The Morgan fingerprint density at radius 2 is 2.14 bits per heavy atom. The number of nitrogens with one attached hydrogen (secondary N) is 2. The zero-order valence-corrected chi connectivity index (χ0v) is 16.0. The molecule has 0 amide bonds. The number of benzene rings is 1. The first-order chi connectivity index (χ1) is 13.5. The van der Waals surface area contributed by atoms with Gasteiger partial charge in [-0.2, -0.15) is 5.10 Å². The zero-order chi connectivity index (χ0) is 20.5. The number of nitro groups is 1. The summed E-state index contributed by atoms with van der Waals surface area (Å²) in [5.74, 6) is 0.514. The molecule has 2 aromatic rings. The van der Waals surface area contributed by atoms with Gasteiger partial charge in [-0.3, -0.25) is 19.9 Å². The summed E-state index contributed by atoms with van der Waals surface area (Å²) in [6.45, 7) is 4.24. The van der Waals surface area contributed by atoms with Crippen molar-refractivity contribution in [3.05, 3.63) is 49.9 Å². The molecule has 0 atom stereocenters. The third-order valence-corrected chi connectivity index (χ3v) is 3.76. The second-order valence-corrected chi connectivity index (χ2v) is 5.84. The largest absolute Gasteiger partial charge is 0.493 e. The van der Waals surface area contributed by atoms with Crippen LogP contribution in [-0.2, 0) is 6.42 Å². The lowest BCUT2D eigenvalue weighted by atomic mass is 10.2. The predicted octanol–water partition coefficient (Wildman–Crippen LogP) is 2.87. The molecule has 0 saturated heterocycles. The van der Waals surface area contributed by atoms with E-state index >= 15 is 0 Å². The number of hydrazone groups is 1. The van der Waals surface area contributed by atoms with Gasteiger partial charge in [-0.15, -0.1) is 0 Å². The maximum atomic E-state index is 11.6. The first-order valence-electron chi connectivity index (χ1n) is 8.87. The van der Waals surface area contributed by atoms with Crippen LogP contribution in [0.5, 0.6) is 11.5 Å². The lowest BCUT2D eigenvalue weighted by molar-refractivity contribution is -0.386. The van der Waals surface area contributed by atoms with Gasteiger partial charge in [-0.25, -0.2) is 10.4 Å². The van der Waals surface area contributed by atoms with Gasteiger partial charge in [0.2, 0.25) is 11.7 Å². The van der Waals surface area contributed by atoms with E-state index in [1.165, 1.54) is 25.5 Å². The molecular weight excluding hydrogens is 366 g/mol. The van der Waals surface area contributed by atoms with E-state index in [0.29, 0.717) is 24.3 Å². The molecule has 0 spiro atoms. The summed E-state index contributed by atoms with van der Waals surface area (Å²) in [6, 6.07) is 4.33. The predicted molar refractivity (Wildman–Crippen MR) is 106 cm³/mol. The van der Waals surface area contributed by atoms with Crippen molar-refractivity contribution >= 4 is 17.9 Å². The number of aromatic nitrogens is 2. The third-order valence-electron chi connectivity index (χ3n) is 3.76. The maximum absolute atomic E-state index is 11.6. The van der Waals surface area contributed by atoms with Gasteiger partial charge in [0.1, 0.15) is 0 Å². The Morgan fingerprint density at radius 3 is 2.79 bits per heavy atom. The van der Waals surface area contributed by atoms with E-state index in [9.17, 15) is 14.9 Å². The average Bonchev–Trinajstić information content (AvgIpc) is 2.67. The van der Waals surface area contributed by atoms with Gasteiger partial charge in [-0.1, -0.05) is 20.3 Å². The quantitative estimate of drug-likeness (QED) is 0.276.